The Balaban J connectivity index is 1.63. The van der Waals surface area contributed by atoms with Crippen molar-refractivity contribution in [3.63, 3.8) is 0 Å². The Morgan fingerprint density at radius 3 is 3.24 bits per heavy atom. The van der Waals surface area contributed by atoms with Crippen LogP contribution in [0.1, 0.15) is 27.4 Å². The van der Waals surface area contributed by atoms with E-state index in [1.54, 1.807) is 11.2 Å². The van der Waals surface area contributed by atoms with Crippen molar-refractivity contribution in [2.45, 2.75) is 19.9 Å². The molecule has 0 saturated carbocycles. The van der Waals surface area contributed by atoms with E-state index in [4.69, 9.17) is 4.52 Å². The van der Waals surface area contributed by atoms with Gasteiger partial charge in [0.15, 0.2) is 5.76 Å². The molecular weight excluding hydrogens is 268 g/mol. The summed E-state index contributed by atoms with van der Waals surface area (Å²) in [7, 11) is 0. The number of nitrogens with one attached hydrogen (secondary N) is 1. The van der Waals surface area contributed by atoms with Crippen LogP contribution in [0.5, 0.6) is 0 Å². The van der Waals surface area contributed by atoms with E-state index in [2.05, 4.69) is 15.1 Å². The van der Waals surface area contributed by atoms with Gasteiger partial charge in [-0.25, -0.2) is 4.98 Å². The van der Waals surface area contributed by atoms with Crippen LogP contribution in [0.2, 0.25) is 0 Å². The van der Waals surface area contributed by atoms with Crippen LogP contribution in [0.4, 0.5) is 0 Å². The lowest BCUT2D eigenvalue weighted by Crippen LogP contribution is -2.35. The van der Waals surface area contributed by atoms with E-state index in [1.807, 2.05) is 25.1 Å². The molecular formula is C15H14N4O2. The zero-order chi connectivity index (χ0) is 14.4. The van der Waals surface area contributed by atoms with Crippen molar-refractivity contribution in [3.05, 3.63) is 47.1 Å². The molecule has 1 aliphatic rings. The monoisotopic (exact) mass is 282 g/mol. The van der Waals surface area contributed by atoms with Gasteiger partial charge in [0.2, 0.25) is 0 Å². The van der Waals surface area contributed by atoms with Gasteiger partial charge in [0, 0.05) is 17.7 Å². The van der Waals surface area contributed by atoms with Crippen LogP contribution in [-0.2, 0) is 13.0 Å². The van der Waals surface area contributed by atoms with E-state index in [0.717, 1.165) is 34.5 Å². The summed E-state index contributed by atoms with van der Waals surface area (Å²) in [5.74, 6) is 0.806. The number of hydrogen-bond acceptors (Lipinski definition) is 4. The molecule has 21 heavy (non-hydrogen) atoms. The highest BCUT2D eigenvalue weighted by molar-refractivity contribution is 5.97. The van der Waals surface area contributed by atoms with E-state index in [-0.39, 0.29) is 5.91 Å². The van der Waals surface area contributed by atoms with Crippen LogP contribution in [-0.4, -0.2) is 32.5 Å². The highest BCUT2D eigenvalue weighted by Gasteiger charge is 2.26. The number of nitrogens with zero attached hydrogens (tertiary/aromatic N) is 3. The fraction of sp³-hybridized carbons (Fsp3) is 0.267. The Labute approximate surface area is 120 Å². The summed E-state index contributed by atoms with van der Waals surface area (Å²) in [6.07, 6.45) is 2.42. The van der Waals surface area contributed by atoms with E-state index in [9.17, 15) is 4.79 Å². The summed E-state index contributed by atoms with van der Waals surface area (Å²) in [5, 5.41) is 3.97. The summed E-state index contributed by atoms with van der Waals surface area (Å²) in [6.45, 7) is 3.11. The number of aromatic amines is 1. The van der Waals surface area contributed by atoms with Crippen LogP contribution < -0.4 is 0 Å². The Kier molecular flexibility index (Phi) is 2.57. The molecule has 0 unspecified atom stereocenters. The summed E-state index contributed by atoms with van der Waals surface area (Å²) >= 11 is 0. The van der Waals surface area contributed by atoms with Gasteiger partial charge in [-0.15, -0.1) is 0 Å². The van der Waals surface area contributed by atoms with Gasteiger partial charge in [-0.1, -0.05) is 5.16 Å². The van der Waals surface area contributed by atoms with E-state index >= 15 is 0 Å². The molecule has 0 bridgehead atoms. The number of hydrogen-bond donors (Lipinski definition) is 1. The number of benzene rings is 1. The molecule has 6 heteroatoms. The molecule has 0 radical (unpaired) electrons. The van der Waals surface area contributed by atoms with Crippen molar-refractivity contribution in [2.75, 3.05) is 6.54 Å². The molecule has 0 saturated heterocycles. The molecule has 0 spiro atoms. The standard InChI is InChI=1S/C15H14N4O2/c1-9-11-4-5-19(7-14(11)21-18-9)15(20)10-2-3-12-13(6-10)17-8-16-12/h2-3,6,8H,4-5,7H2,1H3,(H,16,17). The second-order valence-corrected chi connectivity index (χ2v) is 5.28. The first kappa shape index (κ1) is 12.1. The molecule has 1 aromatic carbocycles. The van der Waals surface area contributed by atoms with Gasteiger partial charge >= 0.3 is 0 Å². The normalized spacial score (nSPS) is 14.4. The largest absolute Gasteiger partial charge is 0.359 e. The average molecular weight is 282 g/mol. The first-order valence-corrected chi connectivity index (χ1v) is 6.89. The van der Waals surface area contributed by atoms with Gasteiger partial charge in [-0.3, -0.25) is 4.79 Å². The van der Waals surface area contributed by atoms with Crippen molar-refractivity contribution in [1.82, 2.24) is 20.0 Å². The summed E-state index contributed by atoms with van der Waals surface area (Å²) in [4.78, 5) is 21.6. The molecule has 1 amide bonds. The third kappa shape index (κ3) is 1.91. The van der Waals surface area contributed by atoms with Gasteiger partial charge in [0.1, 0.15) is 0 Å². The predicted octanol–water partition coefficient (Wildman–Crippen LogP) is 2.06. The van der Waals surface area contributed by atoms with Gasteiger partial charge in [-0.2, -0.15) is 0 Å². The molecule has 0 aliphatic carbocycles. The van der Waals surface area contributed by atoms with Crippen LogP contribution in [0.15, 0.2) is 29.0 Å². The third-order valence-electron chi connectivity index (χ3n) is 3.99. The lowest BCUT2D eigenvalue weighted by molar-refractivity contribution is 0.0716. The molecule has 0 fully saturated rings. The quantitative estimate of drug-likeness (QED) is 0.741. The first-order chi connectivity index (χ1) is 10.2. The number of fused-ring (bicyclic) bond motifs is 2. The Morgan fingerprint density at radius 2 is 2.33 bits per heavy atom. The zero-order valence-corrected chi connectivity index (χ0v) is 11.6. The van der Waals surface area contributed by atoms with Gasteiger partial charge < -0.3 is 14.4 Å². The third-order valence-corrected chi connectivity index (χ3v) is 3.99. The van der Waals surface area contributed by atoms with Crippen LogP contribution in [0, 0.1) is 6.92 Å². The maximum Gasteiger partial charge on any atom is 0.254 e. The number of rotatable bonds is 1. The molecule has 106 valence electrons. The SMILES string of the molecule is Cc1noc2c1CCN(C(=O)c1ccc3nc[nH]c3c1)C2. The minimum atomic E-state index is 0.00574. The van der Waals surface area contributed by atoms with Crippen molar-refractivity contribution in [3.8, 4) is 0 Å². The maximum atomic E-state index is 12.6. The number of aromatic nitrogens is 3. The van der Waals surface area contributed by atoms with Crippen molar-refractivity contribution in [1.29, 1.82) is 0 Å². The van der Waals surface area contributed by atoms with Crippen molar-refractivity contribution >= 4 is 16.9 Å². The van der Waals surface area contributed by atoms with Crippen molar-refractivity contribution in [2.24, 2.45) is 0 Å². The summed E-state index contributed by atoms with van der Waals surface area (Å²) in [6, 6.07) is 5.51. The molecule has 0 atom stereocenters. The second kappa shape index (κ2) is 4.44. The molecule has 6 nitrogen and oxygen atoms in total. The number of aryl methyl sites for hydroxylation is 1. The first-order valence-electron chi connectivity index (χ1n) is 6.89. The van der Waals surface area contributed by atoms with Gasteiger partial charge in [0.05, 0.1) is 29.6 Å². The highest BCUT2D eigenvalue weighted by Crippen LogP contribution is 2.23. The van der Waals surface area contributed by atoms with Gasteiger partial charge in [-0.05, 0) is 31.5 Å². The molecule has 3 heterocycles. The Morgan fingerprint density at radius 1 is 1.43 bits per heavy atom. The minimum Gasteiger partial charge on any atom is -0.359 e. The van der Waals surface area contributed by atoms with Crippen LogP contribution >= 0.6 is 0 Å². The molecule has 3 aromatic rings. The van der Waals surface area contributed by atoms with Crippen molar-refractivity contribution < 1.29 is 9.32 Å². The second-order valence-electron chi connectivity index (χ2n) is 5.28. The number of amides is 1. The van der Waals surface area contributed by atoms with E-state index in [0.29, 0.717) is 18.7 Å². The molecule has 1 N–H and O–H groups in total. The highest BCUT2D eigenvalue weighted by atomic mass is 16.5. The zero-order valence-electron chi connectivity index (χ0n) is 11.6. The number of carbonyl (C=O) groups is 1. The molecule has 1 aliphatic heterocycles. The maximum absolute atomic E-state index is 12.6. The lowest BCUT2D eigenvalue weighted by Gasteiger charge is -2.25. The predicted molar refractivity (Wildman–Crippen MR) is 75.8 cm³/mol. The number of carbonyl (C=O) groups excluding carboxylic acids is 1. The summed E-state index contributed by atoms with van der Waals surface area (Å²) in [5.41, 5.74) is 4.46. The average Bonchev–Trinajstić information content (AvgIpc) is 3.12. The lowest BCUT2D eigenvalue weighted by atomic mass is 10.0. The fourth-order valence-electron chi connectivity index (χ4n) is 2.80. The Hall–Kier alpha value is -2.63. The summed E-state index contributed by atoms with van der Waals surface area (Å²) < 4.78 is 5.30. The number of H-pyrrole nitrogens is 1. The van der Waals surface area contributed by atoms with E-state index < -0.39 is 0 Å². The smallest absolute Gasteiger partial charge is 0.254 e. The fourth-order valence-corrected chi connectivity index (χ4v) is 2.80. The Bertz CT molecular complexity index is 833. The molecule has 4 rings (SSSR count). The minimum absolute atomic E-state index is 0.00574. The number of imidazole rings is 1. The van der Waals surface area contributed by atoms with E-state index in [1.165, 1.54) is 0 Å². The van der Waals surface area contributed by atoms with Crippen LogP contribution in [0.3, 0.4) is 0 Å². The topological polar surface area (TPSA) is 75.0 Å². The van der Waals surface area contributed by atoms with Crippen LogP contribution in [0.25, 0.3) is 11.0 Å². The van der Waals surface area contributed by atoms with Gasteiger partial charge in [0.25, 0.3) is 5.91 Å². The molecule has 2 aromatic heterocycles.